The normalized spacial score (nSPS) is 12.6. The molecule has 0 bridgehead atoms. The van der Waals surface area contributed by atoms with E-state index in [0.717, 1.165) is 11.6 Å². The summed E-state index contributed by atoms with van der Waals surface area (Å²) in [5, 5.41) is 32.9. The van der Waals surface area contributed by atoms with Crippen LogP contribution < -0.4 is 5.32 Å². The fourth-order valence-electron chi connectivity index (χ4n) is 3.45. The van der Waals surface area contributed by atoms with E-state index in [1.807, 2.05) is 30.3 Å². The second-order valence-electron chi connectivity index (χ2n) is 7.80. The topological polar surface area (TPSA) is 110 Å². The summed E-state index contributed by atoms with van der Waals surface area (Å²) in [6.45, 7) is 2.32. The quantitative estimate of drug-likeness (QED) is 0.388. The van der Waals surface area contributed by atoms with Gasteiger partial charge in [-0.2, -0.15) is 0 Å². The third-order valence-electron chi connectivity index (χ3n) is 5.42. The maximum atomic E-state index is 13.5. The number of amides is 2. The average molecular weight is 467 g/mol. The Balaban J connectivity index is 1.57. The van der Waals surface area contributed by atoms with Gasteiger partial charge in [0.25, 0.3) is 11.8 Å². The van der Waals surface area contributed by atoms with Crippen molar-refractivity contribution in [1.82, 2.24) is 10.2 Å². The number of halogens is 1. The summed E-state index contributed by atoms with van der Waals surface area (Å²) in [5.41, 5.74) is 2.45. The number of aliphatic hydroxyl groups excluding tert-OH is 2. The molecule has 0 aromatic heterocycles. The van der Waals surface area contributed by atoms with Gasteiger partial charge in [-0.05, 0) is 41.8 Å². The minimum Gasteiger partial charge on any atom is -0.507 e. The van der Waals surface area contributed by atoms with E-state index in [0.29, 0.717) is 23.2 Å². The van der Waals surface area contributed by atoms with Gasteiger partial charge in [0, 0.05) is 25.2 Å². The minimum absolute atomic E-state index is 0.0354. The third-order valence-corrected chi connectivity index (χ3v) is 5.42. The van der Waals surface area contributed by atoms with E-state index < -0.39 is 29.8 Å². The van der Waals surface area contributed by atoms with E-state index in [2.05, 4.69) is 5.32 Å². The van der Waals surface area contributed by atoms with Crippen LogP contribution in [-0.4, -0.2) is 50.8 Å². The number of carbonyl (C=O) groups is 2. The summed E-state index contributed by atoms with van der Waals surface area (Å²) in [6.07, 6.45) is -3.83. The Labute approximate surface area is 197 Å². The van der Waals surface area contributed by atoms with Gasteiger partial charge < -0.3 is 25.5 Å². The molecular weight excluding hydrogens is 439 g/mol. The molecule has 0 aliphatic carbocycles. The number of aromatic hydroxyl groups is 1. The summed E-state index contributed by atoms with van der Waals surface area (Å²) in [7, 11) is 0. The lowest BCUT2D eigenvalue weighted by molar-refractivity contribution is -0.153. The highest BCUT2D eigenvalue weighted by Gasteiger charge is 2.32. The Bertz CT molecular complexity index is 1120. The molecule has 2 unspecified atom stereocenters. The fraction of sp³-hybridized carbons (Fsp3) is 0.231. The molecule has 0 radical (unpaired) electrons. The maximum Gasteiger partial charge on any atom is 0.254 e. The van der Waals surface area contributed by atoms with E-state index >= 15 is 0 Å². The molecule has 0 saturated heterocycles. The fourth-order valence-corrected chi connectivity index (χ4v) is 3.45. The Hall–Kier alpha value is -3.75. The Kier molecular flexibility index (Phi) is 8.34. The summed E-state index contributed by atoms with van der Waals surface area (Å²) in [5.74, 6) is -2.16. The number of phenols is 1. The molecule has 2 amide bonds. The standard InChI is InChI=1S/C26H27FN2O5/c1-2-29(16-18-6-4-3-5-7-18)26(34)24(32)23(31)25(33)28-15-17-8-10-19(11-9-17)21-14-20(27)12-13-22(21)30/h3-14,23-24,30-32H,2,15-16H2,1H3,(H,28,33). The Morgan fingerprint density at radius 2 is 1.62 bits per heavy atom. The van der Waals surface area contributed by atoms with Gasteiger partial charge in [-0.3, -0.25) is 9.59 Å². The van der Waals surface area contributed by atoms with Gasteiger partial charge >= 0.3 is 0 Å². The first kappa shape index (κ1) is 24.9. The van der Waals surface area contributed by atoms with Crippen molar-refractivity contribution < 1.29 is 29.3 Å². The smallest absolute Gasteiger partial charge is 0.254 e. The molecule has 3 aromatic carbocycles. The average Bonchev–Trinajstić information content (AvgIpc) is 2.86. The third kappa shape index (κ3) is 6.18. The van der Waals surface area contributed by atoms with Crippen molar-refractivity contribution in [2.75, 3.05) is 6.54 Å². The highest BCUT2D eigenvalue weighted by Crippen LogP contribution is 2.29. The number of likely N-dealkylation sites (N-methyl/N-ethyl adjacent to an activating group) is 1. The number of rotatable bonds is 9. The van der Waals surface area contributed by atoms with Gasteiger partial charge in [-0.1, -0.05) is 54.6 Å². The molecule has 0 aliphatic rings. The van der Waals surface area contributed by atoms with Gasteiger partial charge in [0.1, 0.15) is 11.6 Å². The monoisotopic (exact) mass is 466 g/mol. The highest BCUT2D eigenvalue weighted by atomic mass is 19.1. The van der Waals surface area contributed by atoms with Crippen molar-refractivity contribution in [2.45, 2.75) is 32.2 Å². The number of carbonyl (C=O) groups excluding carboxylic acids is 2. The Morgan fingerprint density at radius 1 is 0.941 bits per heavy atom. The molecule has 0 saturated carbocycles. The Morgan fingerprint density at radius 3 is 2.26 bits per heavy atom. The summed E-state index contributed by atoms with van der Waals surface area (Å²) in [6, 6.07) is 19.5. The molecule has 8 heteroatoms. The second kappa shape index (κ2) is 11.4. The van der Waals surface area contributed by atoms with Crippen molar-refractivity contribution in [2.24, 2.45) is 0 Å². The zero-order chi connectivity index (χ0) is 24.7. The molecule has 3 rings (SSSR count). The number of benzene rings is 3. The number of phenolic OH excluding ortho intramolecular Hbond substituents is 1. The maximum absolute atomic E-state index is 13.5. The van der Waals surface area contributed by atoms with Crippen LogP contribution in [0.25, 0.3) is 11.1 Å². The molecule has 4 N–H and O–H groups in total. The predicted octanol–water partition coefficient (Wildman–Crippen LogP) is 2.59. The van der Waals surface area contributed by atoms with Gasteiger partial charge in [0.05, 0.1) is 0 Å². The molecule has 7 nitrogen and oxygen atoms in total. The van der Waals surface area contributed by atoms with Crippen LogP contribution >= 0.6 is 0 Å². The lowest BCUT2D eigenvalue weighted by Crippen LogP contribution is -2.50. The van der Waals surface area contributed by atoms with Crippen LogP contribution in [0, 0.1) is 5.82 Å². The molecule has 0 aliphatic heterocycles. The molecule has 0 spiro atoms. The first-order valence-corrected chi connectivity index (χ1v) is 10.8. The second-order valence-corrected chi connectivity index (χ2v) is 7.80. The lowest BCUT2D eigenvalue weighted by atomic mass is 10.0. The SMILES string of the molecule is CCN(Cc1ccccc1)C(=O)C(O)C(O)C(=O)NCc1ccc(-c2cc(F)ccc2O)cc1. The molecule has 3 aromatic rings. The first-order chi connectivity index (χ1) is 16.3. The molecular formula is C26H27FN2O5. The number of aliphatic hydroxyl groups is 2. The van der Waals surface area contributed by atoms with Crippen molar-refractivity contribution >= 4 is 11.8 Å². The molecule has 178 valence electrons. The first-order valence-electron chi connectivity index (χ1n) is 10.8. The van der Waals surface area contributed by atoms with E-state index in [1.165, 1.54) is 17.0 Å². The van der Waals surface area contributed by atoms with Crippen LogP contribution in [0.3, 0.4) is 0 Å². The van der Waals surface area contributed by atoms with Crippen LogP contribution in [0.1, 0.15) is 18.1 Å². The van der Waals surface area contributed by atoms with Crippen LogP contribution in [-0.2, 0) is 22.7 Å². The molecule has 0 heterocycles. The predicted molar refractivity (Wildman–Crippen MR) is 125 cm³/mol. The van der Waals surface area contributed by atoms with Gasteiger partial charge in [0.15, 0.2) is 12.2 Å². The van der Waals surface area contributed by atoms with E-state index in [9.17, 15) is 29.3 Å². The van der Waals surface area contributed by atoms with Gasteiger partial charge in [0.2, 0.25) is 0 Å². The lowest BCUT2D eigenvalue weighted by Gasteiger charge is -2.26. The molecule has 0 fully saturated rings. The molecule has 2 atom stereocenters. The zero-order valence-electron chi connectivity index (χ0n) is 18.7. The van der Waals surface area contributed by atoms with E-state index in [-0.39, 0.29) is 18.8 Å². The number of hydrogen-bond acceptors (Lipinski definition) is 5. The number of hydrogen-bond donors (Lipinski definition) is 4. The van der Waals surface area contributed by atoms with Crippen molar-refractivity contribution in [3.8, 4) is 16.9 Å². The number of nitrogens with zero attached hydrogens (tertiary/aromatic N) is 1. The van der Waals surface area contributed by atoms with Crippen LogP contribution in [0.2, 0.25) is 0 Å². The van der Waals surface area contributed by atoms with Gasteiger partial charge in [-0.15, -0.1) is 0 Å². The van der Waals surface area contributed by atoms with E-state index in [1.54, 1.807) is 31.2 Å². The summed E-state index contributed by atoms with van der Waals surface area (Å²) >= 11 is 0. The van der Waals surface area contributed by atoms with Crippen molar-refractivity contribution in [1.29, 1.82) is 0 Å². The number of nitrogens with one attached hydrogen (secondary N) is 1. The summed E-state index contributed by atoms with van der Waals surface area (Å²) < 4.78 is 13.5. The van der Waals surface area contributed by atoms with E-state index in [4.69, 9.17) is 0 Å². The van der Waals surface area contributed by atoms with Crippen LogP contribution in [0.5, 0.6) is 5.75 Å². The summed E-state index contributed by atoms with van der Waals surface area (Å²) in [4.78, 5) is 26.3. The highest BCUT2D eigenvalue weighted by molar-refractivity contribution is 5.90. The zero-order valence-corrected chi connectivity index (χ0v) is 18.7. The van der Waals surface area contributed by atoms with Gasteiger partial charge in [-0.25, -0.2) is 4.39 Å². The van der Waals surface area contributed by atoms with Crippen molar-refractivity contribution in [3.05, 3.63) is 89.7 Å². The van der Waals surface area contributed by atoms with Crippen molar-refractivity contribution in [3.63, 3.8) is 0 Å². The largest absolute Gasteiger partial charge is 0.507 e. The van der Waals surface area contributed by atoms with Crippen LogP contribution in [0.4, 0.5) is 4.39 Å². The van der Waals surface area contributed by atoms with Crippen LogP contribution in [0.15, 0.2) is 72.8 Å². The molecule has 34 heavy (non-hydrogen) atoms. The minimum atomic E-state index is -1.93.